The molecule has 2 aromatic rings. The van der Waals surface area contributed by atoms with Gasteiger partial charge in [-0.25, -0.2) is 4.98 Å². The SMILES string of the molecule is Nc1cccc(C(=O)N2[C@@H]3CC[C@H]2[C@@](Cc2ccccc2)(C(=O)NC2CCC2)C3)n1. The highest BCUT2D eigenvalue weighted by molar-refractivity contribution is 5.95. The number of aromatic nitrogens is 1. The fourth-order valence-corrected chi connectivity index (χ4v) is 5.55. The molecule has 2 bridgehead atoms. The van der Waals surface area contributed by atoms with Crippen LogP contribution >= 0.6 is 0 Å². The van der Waals surface area contributed by atoms with Crippen LogP contribution in [-0.4, -0.2) is 39.8 Å². The quantitative estimate of drug-likeness (QED) is 0.802. The number of anilines is 1. The van der Waals surface area contributed by atoms with Crippen molar-refractivity contribution in [2.45, 2.75) is 63.1 Å². The van der Waals surface area contributed by atoms with Crippen molar-refractivity contribution in [2.75, 3.05) is 5.73 Å². The van der Waals surface area contributed by atoms with Crippen molar-refractivity contribution in [2.24, 2.45) is 5.41 Å². The third-order valence-corrected chi connectivity index (χ3v) is 7.22. The number of nitrogen functional groups attached to an aromatic ring is 1. The summed E-state index contributed by atoms with van der Waals surface area (Å²) < 4.78 is 0. The van der Waals surface area contributed by atoms with Crippen molar-refractivity contribution in [3.05, 3.63) is 59.8 Å². The third kappa shape index (κ3) is 3.15. The molecule has 0 radical (unpaired) electrons. The summed E-state index contributed by atoms with van der Waals surface area (Å²) >= 11 is 0. The minimum absolute atomic E-state index is 0.0709. The number of carbonyl (C=O) groups excluding carboxylic acids is 2. The first-order valence-corrected chi connectivity index (χ1v) is 11.0. The number of fused-ring (bicyclic) bond motifs is 2. The number of benzene rings is 1. The van der Waals surface area contributed by atoms with Gasteiger partial charge in [-0.2, -0.15) is 0 Å². The Balaban J connectivity index is 1.48. The monoisotopic (exact) mass is 404 g/mol. The molecule has 2 aliphatic heterocycles. The van der Waals surface area contributed by atoms with E-state index in [9.17, 15) is 9.59 Å². The first kappa shape index (κ1) is 19.1. The van der Waals surface area contributed by atoms with Crippen LogP contribution in [0.15, 0.2) is 48.5 Å². The topological polar surface area (TPSA) is 88.3 Å². The summed E-state index contributed by atoms with van der Waals surface area (Å²) in [5, 5.41) is 3.30. The van der Waals surface area contributed by atoms with Crippen LogP contribution < -0.4 is 11.1 Å². The molecule has 3 aliphatic rings. The smallest absolute Gasteiger partial charge is 0.273 e. The highest BCUT2D eigenvalue weighted by atomic mass is 16.2. The zero-order valence-electron chi connectivity index (χ0n) is 17.1. The molecule has 156 valence electrons. The van der Waals surface area contributed by atoms with Gasteiger partial charge in [0.2, 0.25) is 5.91 Å². The molecule has 1 saturated carbocycles. The van der Waals surface area contributed by atoms with Gasteiger partial charge in [0.25, 0.3) is 5.91 Å². The summed E-state index contributed by atoms with van der Waals surface area (Å²) in [6, 6.07) is 15.6. The van der Waals surface area contributed by atoms with E-state index in [-0.39, 0.29) is 29.9 Å². The Labute approximate surface area is 176 Å². The molecular formula is C24H28N4O2. The zero-order valence-corrected chi connectivity index (χ0v) is 17.1. The molecule has 30 heavy (non-hydrogen) atoms. The minimum Gasteiger partial charge on any atom is -0.384 e. The molecule has 3 atom stereocenters. The molecule has 2 saturated heterocycles. The van der Waals surface area contributed by atoms with Gasteiger partial charge in [-0.3, -0.25) is 9.59 Å². The average Bonchev–Trinajstić information content (AvgIpc) is 3.27. The van der Waals surface area contributed by atoms with Gasteiger partial charge in [-0.05, 0) is 62.6 Å². The van der Waals surface area contributed by atoms with Crippen LogP contribution in [0.25, 0.3) is 0 Å². The predicted molar refractivity (Wildman–Crippen MR) is 115 cm³/mol. The van der Waals surface area contributed by atoms with Gasteiger partial charge in [0.15, 0.2) is 0 Å². The van der Waals surface area contributed by atoms with Gasteiger partial charge in [0.1, 0.15) is 11.5 Å². The molecule has 0 spiro atoms. The van der Waals surface area contributed by atoms with E-state index < -0.39 is 5.41 Å². The Kier molecular flexibility index (Phi) is 4.72. The molecule has 2 amide bonds. The maximum absolute atomic E-state index is 13.6. The fourth-order valence-electron chi connectivity index (χ4n) is 5.55. The first-order valence-electron chi connectivity index (χ1n) is 11.0. The molecule has 1 aromatic heterocycles. The molecule has 0 unspecified atom stereocenters. The summed E-state index contributed by atoms with van der Waals surface area (Å²) in [6.07, 6.45) is 6.43. The standard InChI is InChI=1S/C24H28N4O2/c25-21-11-5-10-19(27-21)22(29)28-18-12-13-20(28)24(15-18,14-16-6-2-1-3-7-16)23(30)26-17-8-4-9-17/h1-3,5-7,10-11,17-18,20H,4,8-9,12-15H2,(H2,25,27)(H,26,30)/t18-,20+,24+/m1/s1. The Morgan fingerprint density at radius 1 is 1.07 bits per heavy atom. The van der Waals surface area contributed by atoms with E-state index in [0.717, 1.165) is 31.2 Å². The van der Waals surface area contributed by atoms with Crippen LogP contribution in [0, 0.1) is 5.41 Å². The number of nitrogens with two attached hydrogens (primary N) is 1. The van der Waals surface area contributed by atoms with Gasteiger partial charge >= 0.3 is 0 Å². The van der Waals surface area contributed by atoms with Crippen molar-refractivity contribution in [3.8, 4) is 0 Å². The number of hydrogen-bond acceptors (Lipinski definition) is 4. The second kappa shape index (κ2) is 7.42. The maximum atomic E-state index is 13.6. The number of nitrogens with one attached hydrogen (secondary N) is 1. The Hall–Kier alpha value is -2.89. The van der Waals surface area contributed by atoms with Crippen LogP contribution in [0.2, 0.25) is 0 Å². The predicted octanol–water partition coefficient (Wildman–Crippen LogP) is 2.94. The average molecular weight is 405 g/mol. The lowest BCUT2D eigenvalue weighted by atomic mass is 9.69. The van der Waals surface area contributed by atoms with Crippen LogP contribution in [0.3, 0.4) is 0 Å². The van der Waals surface area contributed by atoms with E-state index in [1.165, 1.54) is 6.42 Å². The van der Waals surface area contributed by atoms with Crippen LogP contribution in [0.5, 0.6) is 0 Å². The molecule has 1 aromatic carbocycles. The second-order valence-electron chi connectivity index (χ2n) is 9.03. The summed E-state index contributed by atoms with van der Waals surface area (Å²) in [7, 11) is 0. The number of amides is 2. The Morgan fingerprint density at radius 3 is 2.57 bits per heavy atom. The van der Waals surface area contributed by atoms with Crippen molar-refractivity contribution in [1.29, 1.82) is 0 Å². The Bertz CT molecular complexity index is 959. The third-order valence-electron chi connectivity index (χ3n) is 7.22. The molecular weight excluding hydrogens is 376 g/mol. The van der Waals surface area contributed by atoms with Gasteiger partial charge in [-0.15, -0.1) is 0 Å². The normalized spacial score (nSPS) is 27.7. The van der Waals surface area contributed by atoms with Gasteiger partial charge < -0.3 is 16.0 Å². The number of rotatable bonds is 5. The van der Waals surface area contributed by atoms with E-state index in [4.69, 9.17) is 5.73 Å². The minimum atomic E-state index is -0.587. The molecule has 3 fully saturated rings. The Morgan fingerprint density at radius 2 is 1.87 bits per heavy atom. The number of hydrogen-bond donors (Lipinski definition) is 2. The largest absolute Gasteiger partial charge is 0.384 e. The van der Waals surface area contributed by atoms with Gasteiger partial charge in [0.05, 0.1) is 5.41 Å². The molecule has 5 rings (SSSR count). The molecule has 3 heterocycles. The first-order chi connectivity index (χ1) is 14.6. The van der Waals surface area contributed by atoms with Crippen LogP contribution in [0.4, 0.5) is 5.82 Å². The summed E-state index contributed by atoms with van der Waals surface area (Å²) in [6.45, 7) is 0. The van der Waals surface area contributed by atoms with Crippen molar-refractivity contribution in [1.82, 2.24) is 15.2 Å². The van der Waals surface area contributed by atoms with Crippen LogP contribution in [0.1, 0.15) is 54.6 Å². The molecule has 1 aliphatic carbocycles. The summed E-state index contributed by atoms with van der Waals surface area (Å²) in [4.78, 5) is 33.2. The molecule has 6 heteroatoms. The van der Waals surface area contributed by atoms with Gasteiger partial charge in [-0.1, -0.05) is 36.4 Å². The summed E-state index contributed by atoms with van der Waals surface area (Å²) in [5.74, 6) is 0.341. The zero-order chi connectivity index (χ0) is 20.7. The van der Waals surface area contributed by atoms with E-state index >= 15 is 0 Å². The lowest BCUT2D eigenvalue weighted by molar-refractivity contribution is -0.134. The van der Waals surface area contributed by atoms with E-state index in [0.29, 0.717) is 24.4 Å². The summed E-state index contributed by atoms with van der Waals surface area (Å²) in [5.41, 5.74) is 6.73. The lowest BCUT2D eigenvalue weighted by Crippen LogP contribution is -2.54. The van der Waals surface area contributed by atoms with Gasteiger partial charge in [0, 0.05) is 18.1 Å². The van der Waals surface area contributed by atoms with E-state index in [2.05, 4.69) is 22.4 Å². The molecule has 6 nitrogen and oxygen atoms in total. The van der Waals surface area contributed by atoms with E-state index in [1.807, 2.05) is 23.1 Å². The highest BCUT2D eigenvalue weighted by Gasteiger charge is 2.61. The number of carbonyl (C=O) groups is 2. The maximum Gasteiger partial charge on any atom is 0.273 e. The number of nitrogens with zero attached hydrogens (tertiary/aromatic N) is 2. The highest BCUT2D eigenvalue weighted by Crippen LogP contribution is 2.52. The van der Waals surface area contributed by atoms with Crippen LogP contribution in [-0.2, 0) is 11.2 Å². The van der Waals surface area contributed by atoms with E-state index in [1.54, 1.807) is 18.2 Å². The molecule has 3 N–H and O–H groups in total. The fraction of sp³-hybridized carbons (Fsp3) is 0.458. The lowest BCUT2D eigenvalue weighted by Gasteiger charge is -2.39. The van der Waals surface area contributed by atoms with Crippen molar-refractivity contribution < 1.29 is 9.59 Å². The number of pyridine rings is 1. The van der Waals surface area contributed by atoms with Crippen molar-refractivity contribution >= 4 is 17.6 Å². The van der Waals surface area contributed by atoms with Crippen molar-refractivity contribution in [3.63, 3.8) is 0 Å². The second-order valence-corrected chi connectivity index (χ2v) is 9.03.